The third-order valence-corrected chi connectivity index (χ3v) is 2.98. The molecule has 1 aliphatic heterocycles. The second kappa shape index (κ2) is 2.19. The molecule has 0 bridgehead atoms. The Morgan fingerprint density at radius 2 is 2.15 bits per heavy atom. The van der Waals surface area contributed by atoms with Gasteiger partial charge >= 0.3 is 0 Å². The van der Waals surface area contributed by atoms with Crippen molar-refractivity contribution < 1.29 is 0 Å². The molecular formula is C9H14N4. The van der Waals surface area contributed by atoms with E-state index in [4.69, 9.17) is 5.73 Å². The fourth-order valence-electron chi connectivity index (χ4n) is 1.99. The molecule has 70 valence electrons. The molecule has 0 unspecified atom stereocenters. The van der Waals surface area contributed by atoms with Crippen molar-refractivity contribution in [3.8, 4) is 0 Å². The zero-order valence-corrected chi connectivity index (χ0v) is 7.82. The first-order chi connectivity index (χ1) is 6.27. The van der Waals surface area contributed by atoms with Gasteiger partial charge in [-0.15, -0.1) is 0 Å². The molecule has 1 aromatic heterocycles. The molecule has 0 saturated heterocycles. The minimum Gasteiger partial charge on any atom is -0.383 e. The van der Waals surface area contributed by atoms with Gasteiger partial charge in [0.1, 0.15) is 5.82 Å². The fraction of sp³-hybridized carbons (Fsp3) is 0.667. The Morgan fingerprint density at radius 1 is 1.38 bits per heavy atom. The maximum absolute atomic E-state index is 6.03. The molecule has 3 rings (SSSR count). The Balaban J connectivity index is 2.10. The zero-order valence-electron chi connectivity index (χ0n) is 7.82. The third-order valence-electron chi connectivity index (χ3n) is 2.98. The maximum Gasteiger partial charge on any atom is 0.207 e. The van der Waals surface area contributed by atoms with Crippen LogP contribution in [0.5, 0.6) is 0 Å². The summed E-state index contributed by atoms with van der Waals surface area (Å²) in [5.41, 5.74) is 7.17. The van der Waals surface area contributed by atoms with Crippen LogP contribution >= 0.6 is 0 Å². The first-order valence-electron chi connectivity index (χ1n) is 4.84. The van der Waals surface area contributed by atoms with Crippen LogP contribution in [0.1, 0.15) is 24.5 Å². The summed E-state index contributed by atoms with van der Waals surface area (Å²) in [4.78, 5) is 6.77. The van der Waals surface area contributed by atoms with E-state index in [1.165, 1.54) is 12.8 Å². The summed E-state index contributed by atoms with van der Waals surface area (Å²) < 4.78 is 2.13. The highest BCUT2D eigenvalue weighted by atomic mass is 15.4. The normalized spacial score (nSPS) is 20.8. The second-order valence-corrected chi connectivity index (χ2v) is 4.03. The van der Waals surface area contributed by atoms with Gasteiger partial charge in [-0.3, -0.25) is 4.57 Å². The lowest BCUT2D eigenvalue weighted by molar-refractivity contribution is 0.799. The summed E-state index contributed by atoms with van der Waals surface area (Å²) in [5.74, 6) is 2.62. The molecule has 2 heterocycles. The van der Waals surface area contributed by atoms with Gasteiger partial charge in [0.05, 0.1) is 5.69 Å². The SMILES string of the molecule is CN1CCn2c1nc(C1CC1)c2N. The zero-order chi connectivity index (χ0) is 9.00. The van der Waals surface area contributed by atoms with Gasteiger partial charge < -0.3 is 10.6 Å². The van der Waals surface area contributed by atoms with Crippen molar-refractivity contribution in [2.24, 2.45) is 0 Å². The van der Waals surface area contributed by atoms with Crippen LogP contribution in [0.2, 0.25) is 0 Å². The van der Waals surface area contributed by atoms with E-state index in [0.29, 0.717) is 5.92 Å². The standard InChI is InChI=1S/C9H14N4/c1-12-4-5-13-8(10)7(6-2-3-6)11-9(12)13/h6H,2-5,10H2,1H3. The number of aromatic nitrogens is 2. The number of rotatable bonds is 1. The van der Waals surface area contributed by atoms with E-state index in [-0.39, 0.29) is 0 Å². The van der Waals surface area contributed by atoms with E-state index >= 15 is 0 Å². The molecule has 0 aromatic carbocycles. The van der Waals surface area contributed by atoms with Gasteiger partial charge in [0.25, 0.3) is 0 Å². The lowest BCUT2D eigenvalue weighted by Crippen LogP contribution is -2.13. The average molecular weight is 178 g/mol. The van der Waals surface area contributed by atoms with Crippen molar-refractivity contribution >= 4 is 11.8 Å². The molecule has 0 atom stereocenters. The Bertz CT molecular complexity index is 350. The predicted molar refractivity (Wildman–Crippen MR) is 51.9 cm³/mol. The Kier molecular flexibility index (Phi) is 1.22. The van der Waals surface area contributed by atoms with Crippen LogP contribution in [0.25, 0.3) is 0 Å². The molecule has 0 radical (unpaired) electrons. The highest BCUT2D eigenvalue weighted by molar-refractivity contribution is 5.52. The van der Waals surface area contributed by atoms with E-state index < -0.39 is 0 Å². The van der Waals surface area contributed by atoms with Gasteiger partial charge in [-0.1, -0.05) is 0 Å². The maximum atomic E-state index is 6.03. The molecule has 2 N–H and O–H groups in total. The van der Waals surface area contributed by atoms with Crippen molar-refractivity contribution in [2.45, 2.75) is 25.3 Å². The summed E-state index contributed by atoms with van der Waals surface area (Å²) in [6.07, 6.45) is 2.54. The van der Waals surface area contributed by atoms with Crippen LogP contribution in [0.3, 0.4) is 0 Å². The highest BCUT2D eigenvalue weighted by Crippen LogP contribution is 2.43. The largest absolute Gasteiger partial charge is 0.383 e. The van der Waals surface area contributed by atoms with Gasteiger partial charge in [-0.25, -0.2) is 4.98 Å². The van der Waals surface area contributed by atoms with E-state index in [1.807, 2.05) is 0 Å². The highest BCUT2D eigenvalue weighted by Gasteiger charge is 2.32. The van der Waals surface area contributed by atoms with Crippen LogP contribution in [0.4, 0.5) is 11.8 Å². The number of likely N-dealkylation sites (N-methyl/N-ethyl adjacent to an activating group) is 1. The van der Waals surface area contributed by atoms with Crippen LogP contribution in [0.15, 0.2) is 0 Å². The summed E-state index contributed by atoms with van der Waals surface area (Å²) in [7, 11) is 2.07. The van der Waals surface area contributed by atoms with Gasteiger partial charge in [0.2, 0.25) is 5.95 Å². The minimum absolute atomic E-state index is 0.659. The van der Waals surface area contributed by atoms with E-state index in [0.717, 1.165) is 30.5 Å². The van der Waals surface area contributed by atoms with Gasteiger partial charge in [0, 0.05) is 26.1 Å². The summed E-state index contributed by atoms with van der Waals surface area (Å²) >= 11 is 0. The molecule has 0 amide bonds. The van der Waals surface area contributed by atoms with Crippen molar-refractivity contribution in [3.63, 3.8) is 0 Å². The summed E-state index contributed by atoms with van der Waals surface area (Å²) in [6, 6.07) is 0. The number of nitrogen functional groups attached to an aromatic ring is 1. The lowest BCUT2D eigenvalue weighted by Gasteiger charge is -2.05. The topological polar surface area (TPSA) is 47.1 Å². The average Bonchev–Trinajstić information content (AvgIpc) is 2.81. The molecule has 4 heteroatoms. The van der Waals surface area contributed by atoms with Crippen LogP contribution in [0, 0.1) is 0 Å². The monoisotopic (exact) mass is 178 g/mol. The molecule has 1 fully saturated rings. The molecule has 2 aliphatic rings. The lowest BCUT2D eigenvalue weighted by atomic mass is 10.3. The summed E-state index contributed by atoms with van der Waals surface area (Å²) in [5, 5.41) is 0. The van der Waals surface area contributed by atoms with Crippen molar-refractivity contribution in [1.82, 2.24) is 9.55 Å². The molecule has 4 nitrogen and oxygen atoms in total. The van der Waals surface area contributed by atoms with Crippen LogP contribution < -0.4 is 10.6 Å². The number of hydrogen-bond acceptors (Lipinski definition) is 3. The Labute approximate surface area is 77.3 Å². The molecule has 1 aliphatic carbocycles. The number of nitrogens with two attached hydrogens (primary N) is 1. The molecule has 13 heavy (non-hydrogen) atoms. The Hall–Kier alpha value is -1.19. The van der Waals surface area contributed by atoms with Crippen LogP contribution in [-0.4, -0.2) is 23.1 Å². The number of nitrogens with zero attached hydrogens (tertiary/aromatic N) is 3. The first kappa shape index (κ1) is 7.24. The molecule has 1 aromatic rings. The van der Waals surface area contributed by atoms with Crippen LogP contribution in [-0.2, 0) is 6.54 Å². The smallest absolute Gasteiger partial charge is 0.207 e. The Morgan fingerprint density at radius 3 is 2.77 bits per heavy atom. The van der Waals surface area contributed by atoms with E-state index in [2.05, 4.69) is 21.5 Å². The van der Waals surface area contributed by atoms with Crippen molar-refractivity contribution in [2.75, 3.05) is 24.2 Å². The number of anilines is 2. The molecule has 1 saturated carbocycles. The molecular weight excluding hydrogens is 164 g/mol. The third kappa shape index (κ3) is 0.884. The van der Waals surface area contributed by atoms with Crippen molar-refractivity contribution in [3.05, 3.63) is 5.69 Å². The number of imidazole rings is 1. The second-order valence-electron chi connectivity index (χ2n) is 4.03. The van der Waals surface area contributed by atoms with E-state index in [1.54, 1.807) is 0 Å². The fourth-order valence-corrected chi connectivity index (χ4v) is 1.99. The van der Waals surface area contributed by atoms with Gasteiger partial charge in [-0.2, -0.15) is 0 Å². The van der Waals surface area contributed by atoms with Gasteiger partial charge in [-0.05, 0) is 12.8 Å². The minimum atomic E-state index is 0.659. The quantitative estimate of drug-likeness (QED) is 0.691. The molecule has 0 spiro atoms. The van der Waals surface area contributed by atoms with Crippen molar-refractivity contribution in [1.29, 1.82) is 0 Å². The first-order valence-corrected chi connectivity index (χ1v) is 4.84. The number of hydrogen-bond donors (Lipinski definition) is 1. The van der Waals surface area contributed by atoms with Gasteiger partial charge in [0.15, 0.2) is 0 Å². The summed E-state index contributed by atoms with van der Waals surface area (Å²) in [6.45, 7) is 2.04. The number of fused-ring (bicyclic) bond motifs is 1. The predicted octanol–water partition coefficient (Wildman–Crippen LogP) is 0.792. The van der Waals surface area contributed by atoms with E-state index in [9.17, 15) is 0 Å².